The molecule has 0 aromatic rings. The van der Waals surface area contributed by atoms with Crippen molar-refractivity contribution < 1.29 is 14.5 Å². The molecule has 0 saturated carbocycles. The van der Waals surface area contributed by atoms with Gasteiger partial charge in [-0.2, -0.15) is 0 Å². The van der Waals surface area contributed by atoms with E-state index in [4.69, 9.17) is 5.11 Å². The van der Waals surface area contributed by atoms with Crippen molar-refractivity contribution in [3.05, 3.63) is 0 Å². The van der Waals surface area contributed by atoms with Crippen LogP contribution in [0.1, 0.15) is 41.0 Å². The van der Waals surface area contributed by atoms with Crippen LogP contribution in [0.3, 0.4) is 0 Å². The number of nitrogens with one attached hydrogen (secondary N) is 1. The smallest absolute Gasteiger partial charge is 0.407 e. The zero-order valence-corrected chi connectivity index (χ0v) is 13.3. The van der Waals surface area contributed by atoms with Gasteiger partial charge >= 0.3 is 6.09 Å². The van der Waals surface area contributed by atoms with E-state index in [9.17, 15) is 9.35 Å². The first kappa shape index (κ1) is 16.6. The average Bonchev–Trinajstić information content (AvgIpc) is 2.26. The second-order valence-corrected chi connectivity index (χ2v) is 8.44. The first-order valence-corrected chi connectivity index (χ1v) is 7.94. The average molecular weight is 290 g/mol. The van der Waals surface area contributed by atoms with Crippen LogP contribution in [0.5, 0.6) is 0 Å². The van der Waals surface area contributed by atoms with Crippen molar-refractivity contribution in [2.75, 3.05) is 13.1 Å². The quantitative estimate of drug-likeness (QED) is 0.780. The topological polar surface area (TPSA) is 75.6 Å². The highest BCUT2D eigenvalue weighted by Gasteiger charge is 2.36. The van der Waals surface area contributed by atoms with Gasteiger partial charge in [0.25, 0.3) is 0 Å². The molecule has 4 atom stereocenters. The largest absolute Gasteiger partial charge is 0.598 e. The molecule has 0 bridgehead atoms. The Balaban J connectivity index is 2.55. The van der Waals surface area contributed by atoms with Crippen LogP contribution in [0.2, 0.25) is 0 Å². The summed E-state index contributed by atoms with van der Waals surface area (Å²) in [5, 5.41) is 8.99. The molecular weight excluding hydrogens is 264 g/mol. The maximum absolute atomic E-state index is 12.1. The van der Waals surface area contributed by atoms with E-state index in [0.717, 1.165) is 6.42 Å². The van der Waals surface area contributed by atoms with Gasteiger partial charge in [-0.25, -0.2) is 4.79 Å². The molecule has 1 rings (SSSR count). The lowest BCUT2D eigenvalue weighted by Crippen LogP contribution is -2.51. The van der Waals surface area contributed by atoms with Crippen molar-refractivity contribution in [2.45, 2.75) is 51.8 Å². The Morgan fingerprint density at radius 1 is 1.53 bits per heavy atom. The first-order chi connectivity index (χ1) is 8.62. The summed E-state index contributed by atoms with van der Waals surface area (Å²) in [7, 11) is 0. The Morgan fingerprint density at radius 2 is 2.11 bits per heavy atom. The van der Waals surface area contributed by atoms with Gasteiger partial charge in [-0.05, 0) is 46.0 Å². The summed E-state index contributed by atoms with van der Waals surface area (Å²) < 4.78 is 15.0. The first-order valence-electron chi connectivity index (χ1n) is 6.79. The Hall–Kier alpha value is -0.460. The standard InChI is InChI=1S/C13H26N2O3S/c1-9-8-15(12(16)17)7-6-11(9)10(2)14-19(18)13(3,4)5/h9-11,14H,6-8H2,1-5H3,(H,16,17)/t9-,10-,11+,19-/m0/s1. The minimum Gasteiger partial charge on any atom is -0.598 e. The maximum Gasteiger partial charge on any atom is 0.407 e. The second-order valence-electron chi connectivity index (χ2n) is 6.45. The van der Waals surface area contributed by atoms with Gasteiger partial charge in [0.2, 0.25) is 0 Å². The van der Waals surface area contributed by atoms with Crippen molar-refractivity contribution in [3.63, 3.8) is 0 Å². The summed E-state index contributed by atoms with van der Waals surface area (Å²) in [4.78, 5) is 12.4. The van der Waals surface area contributed by atoms with E-state index in [-0.39, 0.29) is 16.7 Å². The van der Waals surface area contributed by atoms with Gasteiger partial charge in [-0.15, -0.1) is 4.72 Å². The number of amides is 1. The van der Waals surface area contributed by atoms with Gasteiger partial charge < -0.3 is 14.6 Å². The van der Waals surface area contributed by atoms with Crippen LogP contribution in [-0.2, 0) is 11.4 Å². The van der Waals surface area contributed by atoms with Crippen LogP contribution in [0.25, 0.3) is 0 Å². The summed E-state index contributed by atoms with van der Waals surface area (Å²) in [6.45, 7) is 11.1. The number of carbonyl (C=O) groups is 1. The third-order valence-corrected chi connectivity index (χ3v) is 5.43. The molecule has 1 aliphatic heterocycles. The van der Waals surface area contributed by atoms with E-state index in [1.54, 1.807) is 0 Å². The number of rotatable bonds is 3. The van der Waals surface area contributed by atoms with Crippen molar-refractivity contribution >= 4 is 17.5 Å². The van der Waals surface area contributed by atoms with E-state index in [1.165, 1.54) is 4.90 Å². The molecule has 0 aliphatic carbocycles. The number of likely N-dealkylation sites (tertiary alicyclic amines) is 1. The Kier molecular flexibility index (Phi) is 5.53. The minimum absolute atomic E-state index is 0.131. The Labute approximate surface area is 119 Å². The van der Waals surface area contributed by atoms with Gasteiger partial charge in [-0.1, -0.05) is 6.92 Å². The third-order valence-electron chi connectivity index (χ3n) is 3.73. The summed E-state index contributed by atoms with van der Waals surface area (Å²) in [5.41, 5.74) is 0. The predicted octanol–water partition coefficient (Wildman–Crippen LogP) is 2.06. The van der Waals surface area contributed by atoms with Gasteiger partial charge in [0.15, 0.2) is 0 Å². The predicted molar refractivity (Wildman–Crippen MR) is 77.4 cm³/mol. The fraction of sp³-hybridized carbons (Fsp3) is 0.923. The van der Waals surface area contributed by atoms with Crippen LogP contribution < -0.4 is 4.72 Å². The van der Waals surface area contributed by atoms with Crippen LogP contribution >= 0.6 is 0 Å². The maximum atomic E-state index is 12.1. The summed E-state index contributed by atoms with van der Waals surface area (Å²) in [6.07, 6.45) is -0.0210. The van der Waals surface area contributed by atoms with Crippen molar-refractivity contribution in [1.82, 2.24) is 9.62 Å². The molecule has 19 heavy (non-hydrogen) atoms. The highest BCUT2D eigenvalue weighted by molar-refractivity contribution is 7.90. The Morgan fingerprint density at radius 3 is 2.53 bits per heavy atom. The molecule has 1 heterocycles. The molecule has 0 spiro atoms. The van der Waals surface area contributed by atoms with E-state index < -0.39 is 17.5 Å². The molecule has 1 saturated heterocycles. The molecule has 0 aromatic heterocycles. The van der Waals surface area contributed by atoms with Gasteiger partial charge in [0.1, 0.15) is 4.75 Å². The van der Waals surface area contributed by atoms with Crippen LogP contribution in [-0.4, -0.2) is 44.5 Å². The molecule has 1 amide bonds. The van der Waals surface area contributed by atoms with Gasteiger partial charge in [-0.3, -0.25) is 0 Å². The molecule has 1 aliphatic rings. The number of piperidine rings is 1. The number of nitrogens with zero attached hydrogens (tertiary/aromatic N) is 1. The molecule has 5 nitrogen and oxygen atoms in total. The van der Waals surface area contributed by atoms with E-state index in [1.807, 2.05) is 27.7 Å². The molecule has 0 radical (unpaired) electrons. The van der Waals surface area contributed by atoms with E-state index in [0.29, 0.717) is 19.0 Å². The van der Waals surface area contributed by atoms with E-state index in [2.05, 4.69) is 11.6 Å². The minimum atomic E-state index is -1.08. The number of carboxylic acid groups (broad SMARTS) is 1. The Bertz CT molecular complexity index is 320. The molecule has 0 aromatic carbocycles. The van der Waals surface area contributed by atoms with Crippen molar-refractivity contribution in [3.8, 4) is 0 Å². The fourth-order valence-corrected chi connectivity index (χ4v) is 3.38. The highest BCUT2D eigenvalue weighted by atomic mass is 32.2. The normalized spacial score (nSPS) is 28.0. The lowest BCUT2D eigenvalue weighted by atomic mass is 9.82. The lowest BCUT2D eigenvalue weighted by Gasteiger charge is -2.39. The monoisotopic (exact) mass is 290 g/mol. The molecule has 0 unspecified atom stereocenters. The summed E-state index contributed by atoms with van der Waals surface area (Å²) in [5.74, 6) is 0.645. The number of hydrogen-bond donors (Lipinski definition) is 2. The highest BCUT2D eigenvalue weighted by Crippen LogP contribution is 2.27. The van der Waals surface area contributed by atoms with E-state index >= 15 is 0 Å². The third kappa shape index (κ3) is 4.54. The summed E-state index contributed by atoms with van der Waals surface area (Å²) in [6, 6.07) is 0.131. The number of hydrogen-bond acceptors (Lipinski definition) is 3. The molecular formula is C13H26N2O3S. The van der Waals surface area contributed by atoms with Crippen LogP contribution in [0, 0.1) is 11.8 Å². The zero-order valence-electron chi connectivity index (χ0n) is 12.5. The van der Waals surface area contributed by atoms with Gasteiger partial charge in [0, 0.05) is 24.5 Å². The SMILES string of the molecule is C[C@H](N[S@@+]([O-])C(C)(C)C)[C@@H]1CCN(C(=O)O)C[C@@H]1C. The van der Waals surface area contributed by atoms with Crippen molar-refractivity contribution in [2.24, 2.45) is 11.8 Å². The summed E-state index contributed by atoms with van der Waals surface area (Å²) >= 11 is -1.08. The molecule has 6 heteroatoms. The van der Waals surface area contributed by atoms with Gasteiger partial charge in [0.05, 0.1) is 6.04 Å². The lowest BCUT2D eigenvalue weighted by molar-refractivity contribution is 0.0935. The molecule has 2 N–H and O–H groups in total. The van der Waals surface area contributed by atoms with Crippen LogP contribution in [0.15, 0.2) is 0 Å². The molecule has 1 fully saturated rings. The van der Waals surface area contributed by atoms with Crippen LogP contribution in [0.4, 0.5) is 4.79 Å². The fourth-order valence-electron chi connectivity index (χ4n) is 2.51. The second kappa shape index (κ2) is 6.33. The molecule has 112 valence electrons. The van der Waals surface area contributed by atoms with Crippen molar-refractivity contribution in [1.29, 1.82) is 0 Å². The zero-order chi connectivity index (χ0) is 14.8.